The summed E-state index contributed by atoms with van der Waals surface area (Å²) in [7, 11) is 0. The Kier molecular flexibility index (Phi) is 6.85. The molecule has 186 valence electrons. The number of hydrogen-bond acceptors (Lipinski definition) is 5. The number of rotatable bonds is 8. The Morgan fingerprint density at radius 1 is 1.06 bits per heavy atom. The Morgan fingerprint density at radius 2 is 1.63 bits per heavy atom. The highest BCUT2D eigenvalue weighted by atomic mass is 16.5. The van der Waals surface area contributed by atoms with Crippen molar-refractivity contribution in [1.82, 2.24) is 10.6 Å². The summed E-state index contributed by atoms with van der Waals surface area (Å²) in [5, 5.41) is 15.2. The molecule has 0 bridgehead atoms. The molecular weight excluding hydrogens is 448 g/mol. The van der Waals surface area contributed by atoms with E-state index < -0.39 is 35.0 Å². The molecule has 0 aromatic heterocycles. The fourth-order valence-corrected chi connectivity index (χ4v) is 5.02. The number of nitrogens with one attached hydrogen (secondary N) is 2. The maximum Gasteiger partial charge on any atom is 0.407 e. The van der Waals surface area contributed by atoms with Crippen molar-refractivity contribution in [2.75, 3.05) is 19.8 Å². The molecule has 1 fully saturated rings. The van der Waals surface area contributed by atoms with Crippen LogP contribution < -0.4 is 10.6 Å². The molecule has 0 radical (unpaired) electrons. The van der Waals surface area contributed by atoms with Gasteiger partial charge in [-0.05, 0) is 42.0 Å². The Balaban J connectivity index is 1.43. The molecule has 8 nitrogen and oxygen atoms in total. The van der Waals surface area contributed by atoms with Gasteiger partial charge in [0.25, 0.3) is 0 Å². The van der Waals surface area contributed by atoms with Gasteiger partial charge in [-0.25, -0.2) is 9.59 Å². The van der Waals surface area contributed by atoms with Crippen molar-refractivity contribution in [1.29, 1.82) is 0 Å². The summed E-state index contributed by atoms with van der Waals surface area (Å²) in [6.45, 7) is 5.46. The normalized spacial score (nSPS) is 21.2. The minimum atomic E-state index is -1.36. The highest BCUT2D eigenvalue weighted by molar-refractivity contribution is 5.91. The van der Waals surface area contributed by atoms with Crippen LogP contribution in [0.5, 0.6) is 0 Å². The van der Waals surface area contributed by atoms with Gasteiger partial charge < -0.3 is 25.2 Å². The van der Waals surface area contributed by atoms with E-state index in [4.69, 9.17) is 9.47 Å². The van der Waals surface area contributed by atoms with Gasteiger partial charge in [0.05, 0.1) is 24.7 Å². The fraction of sp³-hybridized carbons (Fsp3) is 0.444. The lowest BCUT2D eigenvalue weighted by atomic mass is 9.82. The summed E-state index contributed by atoms with van der Waals surface area (Å²) in [6, 6.07) is 15.5. The third kappa shape index (κ3) is 4.38. The maximum absolute atomic E-state index is 13.2. The van der Waals surface area contributed by atoms with Crippen molar-refractivity contribution < 1.29 is 29.0 Å². The second kappa shape index (κ2) is 9.70. The molecule has 2 atom stereocenters. The first-order valence-electron chi connectivity index (χ1n) is 12.0. The molecule has 0 spiro atoms. The SMILES string of the molecule is CCC(CC)(NC(=O)C1(C)COCC1NC(=O)OCC1c2ccccc2-c2ccccc21)C(=O)O. The van der Waals surface area contributed by atoms with E-state index in [1.54, 1.807) is 20.8 Å². The average Bonchev–Trinajstić information content (AvgIpc) is 3.39. The topological polar surface area (TPSA) is 114 Å². The van der Waals surface area contributed by atoms with Gasteiger partial charge in [0, 0.05) is 5.92 Å². The molecule has 1 heterocycles. The molecule has 2 aromatic carbocycles. The molecule has 2 aliphatic rings. The molecule has 0 saturated carbocycles. The van der Waals surface area contributed by atoms with Crippen LogP contribution in [-0.2, 0) is 19.1 Å². The quantitative estimate of drug-likeness (QED) is 0.531. The van der Waals surface area contributed by atoms with Crippen LogP contribution in [0.15, 0.2) is 48.5 Å². The summed E-state index contributed by atoms with van der Waals surface area (Å²) in [6.07, 6.45) is -0.158. The number of fused-ring (bicyclic) bond motifs is 3. The molecule has 2 unspecified atom stereocenters. The van der Waals surface area contributed by atoms with Crippen LogP contribution in [0.25, 0.3) is 11.1 Å². The van der Waals surface area contributed by atoms with E-state index >= 15 is 0 Å². The predicted octanol–water partition coefficient (Wildman–Crippen LogP) is 3.69. The zero-order valence-corrected chi connectivity index (χ0v) is 20.3. The number of ether oxygens (including phenoxy) is 2. The van der Waals surface area contributed by atoms with Crippen LogP contribution in [-0.4, -0.2) is 54.5 Å². The van der Waals surface area contributed by atoms with E-state index in [0.717, 1.165) is 22.3 Å². The number of carboxylic acids is 1. The minimum absolute atomic E-state index is 0.0658. The van der Waals surface area contributed by atoms with Crippen LogP contribution >= 0.6 is 0 Å². The molecule has 1 saturated heterocycles. The fourth-order valence-electron chi connectivity index (χ4n) is 5.02. The first kappa shape index (κ1) is 24.7. The third-order valence-electron chi connectivity index (χ3n) is 7.58. The predicted molar refractivity (Wildman–Crippen MR) is 130 cm³/mol. The number of aliphatic carboxylic acids is 1. The van der Waals surface area contributed by atoms with Crippen LogP contribution in [0.3, 0.4) is 0 Å². The van der Waals surface area contributed by atoms with Gasteiger partial charge in [-0.1, -0.05) is 62.4 Å². The first-order valence-corrected chi connectivity index (χ1v) is 12.0. The Hall–Kier alpha value is -3.39. The summed E-state index contributed by atoms with van der Waals surface area (Å²) in [5.74, 6) is -1.63. The van der Waals surface area contributed by atoms with Crippen molar-refractivity contribution in [3.8, 4) is 11.1 Å². The van der Waals surface area contributed by atoms with Crippen molar-refractivity contribution in [3.05, 3.63) is 59.7 Å². The number of carbonyl (C=O) groups excluding carboxylic acids is 2. The second-order valence-electron chi connectivity index (χ2n) is 9.50. The van der Waals surface area contributed by atoms with Gasteiger partial charge in [-0.15, -0.1) is 0 Å². The molecule has 2 aromatic rings. The van der Waals surface area contributed by atoms with Crippen molar-refractivity contribution >= 4 is 18.0 Å². The first-order chi connectivity index (χ1) is 16.8. The van der Waals surface area contributed by atoms with Gasteiger partial charge in [-0.3, -0.25) is 4.79 Å². The van der Waals surface area contributed by atoms with Gasteiger partial charge in [0.1, 0.15) is 12.1 Å². The second-order valence-corrected chi connectivity index (χ2v) is 9.50. The summed E-state index contributed by atoms with van der Waals surface area (Å²) in [4.78, 5) is 37.8. The highest BCUT2D eigenvalue weighted by Gasteiger charge is 2.50. The number of amides is 2. The minimum Gasteiger partial charge on any atom is -0.480 e. The number of carbonyl (C=O) groups is 3. The average molecular weight is 481 g/mol. The molecule has 3 N–H and O–H groups in total. The van der Waals surface area contributed by atoms with E-state index in [0.29, 0.717) is 0 Å². The number of benzene rings is 2. The van der Waals surface area contributed by atoms with Gasteiger partial charge in [0.15, 0.2) is 0 Å². The van der Waals surface area contributed by atoms with Gasteiger partial charge >= 0.3 is 12.1 Å². The number of carboxylic acid groups (broad SMARTS) is 1. The number of alkyl carbamates (subject to hydrolysis) is 1. The summed E-state index contributed by atoms with van der Waals surface area (Å²) in [5.41, 5.74) is 2.00. The van der Waals surface area contributed by atoms with E-state index in [1.807, 2.05) is 36.4 Å². The molecule has 4 rings (SSSR count). The lowest BCUT2D eigenvalue weighted by Crippen LogP contribution is -2.61. The van der Waals surface area contributed by atoms with E-state index in [9.17, 15) is 19.5 Å². The summed E-state index contributed by atoms with van der Waals surface area (Å²) >= 11 is 0. The summed E-state index contributed by atoms with van der Waals surface area (Å²) < 4.78 is 11.2. The van der Waals surface area contributed by atoms with E-state index in [-0.39, 0.29) is 38.6 Å². The number of hydrogen-bond donors (Lipinski definition) is 3. The molecule has 2 amide bonds. The molecular formula is C27H32N2O6. The zero-order valence-electron chi connectivity index (χ0n) is 20.3. The molecule has 8 heteroatoms. The lowest BCUT2D eigenvalue weighted by Gasteiger charge is -2.35. The lowest BCUT2D eigenvalue weighted by molar-refractivity contribution is -0.150. The Bertz CT molecular complexity index is 1080. The van der Waals surface area contributed by atoms with Gasteiger partial charge in [-0.2, -0.15) is 0 Å². The highest BCUT2D eigenvalue weighted by Crippen LogP contribution is 2.44. The Labute approximate surface area is 205 Å². The van der Waals surface area contributed by atoms with Crippen molar-refractivity contribution in [2.45, 2.75) is 51.1 Å². The standard InChI is InChI=1S/C27H32N2O6/c1-4-27(5-2,24(31)32)29-23(30)26(3)16-34-15-22(26)28-25(33)35-14-21-19-12-8-6-10-17(19)18-11-7-9-13-20(18)21/h6-13,21-22H,4-5,14-16H2,1-3H3,(H,28,33)(H,29,30)(H,31,32). The molecule has 35 heavy (non-hydrogen) atoms. The molecule has 1 aliphatic carbocycles. The van der Waals surface area contributed by atoms with Gasteiger partial charge in [0.2, 0.25) is 5.91 Å². The zero-order chi connectivity index (χ0) is 25.2. The third-order valence-corrected chi connectivity index (χ3v) is 7.58. The molecule has 1 aliphatic heterocycles. The van der Waals surface area contributed by atoms with Crippen LogP contribution in [0, 0.1) is 5.41 Å². The van der Waals surface area contributed by atoms with E-state index in [2.05, 4.69) is 22.8 Å². The largest absolute Gasteiger partial charge is 0.480 e. The van der Waals surface area contributed by atoms with Crippen LogP contribution in [0.1, 0.15) is 50.7 Å². The maximum atomic E-state index is 13.2. The smallest absolute Gasteiger partial charge is 0.407 e. The van der Waals surface area contributed by atoms with Crippen LogP contribution in [0.4, 0.5) is 4.79 Å². The van der Waals surface area contributed by atoms with Crippen LogP contribution in [0.2, 0.25) is 0 Å². The Morgan fingerprint density at radius 3 is 2.17 bits per heavy atom. The monoisotopic (exact) mass is 480 g/mol. The van der Waals surface area contributed by atoms with Crippen molar-refractivity contribution in [2.24, 2.45) is 5.41 Å². The van der Waals surface area contributed by atoms with Crippen molar-refractivity contribution in [3.63, 3.8) is 0 Å². The van der Waals surface area contributed by atoms with E-state index in [1.165, 1.54) is 0 Å².